The van der Waals surface area contributed by atoms with Crippen molar-refractivity contribution in [2.24, 2.45) is 22.7 Å². The molecule has 3 unspecified atom stereocenters. The van der Waals surface area contributed by atoms with Gasteiger partial charge in [-0.3, -0.25) is 19.2 Å². The smallest absolute Gasteiger partial charge is 0.305 e. The van der Waals surface area contributed by atoms with Gasteiger partial charge in [-0.2, -0.15) is 29.3 Å². The molecule has 312 valence electrons. The molecule has 4 atom stereocenters. The quantitative estimate of drug-likeness (QED) is 0.0543. The van der Waals surface area contributed by atoms with Gasteiger partial charge in [0.05, 0.1) is 18.0 Å². The maximum Gasteiger partial charge on any atom is 0.305 e. The molecule has 1 aliphatic heterocycles. The molecule has 5 rings (SSSR count). The number of aliphatic carboxylic acids is 1. The van der Waals surface area contributed by atoms with Crippen LogP contribution in [0.25, 0.3) is 11.1 Å². The van der Waals surface area contributed by atoms with Gasteiger partial charge in [-0.1, -0.05) is 72.6 Å². The number of ketones is 1. The third kappa shape index (κ3) is 12.2. The summed E-state index contributed by atoms with van der Waals surface area (Å²) in [5.74, 6) is -3.18. The predicted octanol–water partition coefficient (Wildman–Crippen LogP) is 9.16. The van der Waals surface area contributed by atoms with Crippen molar-refractivity contribution < 1.29 is 46.0 Å². The number of halogens is 1. The number of rotatable bonds is 15. The normalized spacial score (nSPS) is 21.1. The Morgan fingerprint density at radius 2 is 1.65 bits per heavy atom. The number of allylic oxidation sites excluding steroid dienone is 3. The monoisotopic (exact) mass is 822 g/mol. The molecule has 1 spiro atoms. The van der Waals surface area contributed by atoms with E-state index in [2.05, 4.69) is 42.4 Å². The van der Waals surface area contributed by atoms with Crippen LogP contribution in [0.1, 0.15) is 128 Å². The third-order valence-electron chi connectivity index (χ3n) is 12.5. The zero-order valence-electron chi connectivity index (χ0n) is 35.9. The molecule has 3 fully saturated rings. The minimum Gasteiger partial charge on any atom is -0.481 e. The molecule has 57 heavy (non-hydrogen) atoms. The fraction of sp³-hybridized carbons (Fsp3) is 0.574. The van der Waals surface area contributed by atoms with Crippen molar-refractivity contribution in [2.45, 2.75) is 133 Å². The summed E-state index contributed by atoms with van der Waals surface area (Å²) in [7, 11) is 0. The van der Waals surface area contributed by atoms with Crippen LogP contribution in [0.3, 0.4) is 0 Å². The predicted molar refractivity (Wildman–Crippen MR) is 221 cm³/mol. The maximum atomic E-state index is 15.7. The van der Waals surface area contributed by atoms with Crippen molar-refractivity contribution in [1.82, 2.24) is 15.5 Å². The van der Waals surface area contributed by atoms with Gasteiger partial charge in [-0.25, -0.2) is 4.39 Å². The van der Waals surface area contributed by atoms with Crippen LogP contribution in [0.2, 0.25) is 0 Å². The number of carboxylic acid groups (broad SMARTS) is 1. The number of carbonyl (C=O) groups is 4. The molecule has 2 saturated carbocycles. The third-order valence-corrected chi connectivity index (χ3v) is 12.5. The summed E-state index contributed by atoms with van der Waals surface area (Å²) in [4.78, 5) is 54.1. The molecule has 0 radical (unpaired) electrons. The van der Waals surface area contributed by atoms with Crippen molar-refractivity contribution in [1.29, 1.82) is 0 Å². The minimum atomic E-state index is -1.23. The van der Waals surface area contributed by atoms with E-state index in [1.807, 2.05) is 46.8 Å². The molecule has 1 heterocycles. The zero-order chi connectivity index (χ0) is 41.5. The first-order valence-corrected chi connectivity index (χ1v) is 20.5. The molecule has 1 saturated heterocycles. The second-order valence-electron chi connectivity index (χ2n) is 17.6. The van der Waals surface area contributed by atoms with Crippen molar-refractivity contribution in [3.05, 3.63) is 81.7 Å². The number of likely N-dealkylation sites (tertiary alicyclic amines) is 1. The molecule has 8 nitrogen and oxygen atoms in total. The fourth-order valence-electron chi connectivity index (χ4n) is 8.52. The number of amides is 2. The zero-order valence-corrected chi connectivity index (χ0v) is 37.1. The average Bonchev–Trinajstić information content (AvgIpc) is 3.49. The summed E-state index contributed by atoms with van der Waals surface area (Å²) in [5, 5.41) is 15.1. The first kappa shape index (κ1) is 47.8. The molecular formula is C47H65CrFN3O5-. The SMILES string of the molecule is CC(=O)/C(=C\C=C(/C)C1(C)CC1C)C(=O)N[C@@H](CC(C)C)C(=O)NC(CC(=O)O)c1cc(-c2c(C)c[c-]cc2C)cc(C)c1F.CCCN1CCC2(CCC2)C1.[Cr]. The van der Waals surface area contributed by atoms with Crippen molar-refractivity contribution in [3.8, 4) is 11.1 Å². The van der Waals surface area contributed by atoms with Gasteiger partial charge in [0, 0.05) is 29.5 Å². The maximum absolute atomic E-state index is 15.7. The molecule has 0 aromatic heterocycles. The van der Waals surface area contributed by atoms with Crippen LogP contribution >= 0.6 is 0 Å². The van der Waals surface area contributed by atoms with Gasteiger partial charge in [0.25, 0.3) is 5.91 Å². The van der Waals surface area contributed by atoms with E-state index in [9.17, 15) is 24.3 Å². The molecule has 2 amide bonds. The van der Waals surface area contributed by atoms with E-state index in [1.165, 1.54) is 64.7 Å². The van der Waals surface area contributed by atoms with Crippen LogP contribution in [0.15, 0.2) is 47.6 Å². The van der Waals surface area contributed by atoms with Crippen LogP contribution in [0, 0.1) is 55.3 Å². The van der Waals surface area contributed by atoms with Crippen LogP contribution < -0.4 is 10.6 Å². The number of hydrogen-bond acceptors (Lipinski definition) is 5. The number of aryl methyl sites for hydroxylation is 3. The number of carbonyl (C=O) groups excluding carboxylic acids is 3. The van der Waals surface area contributed by atoms with Crippen molar-refractivity contribution in [3.63, 3.8) is 0 Å². The summed E-state index contributed by atoms with van der Waals surface area (Å²) >= 11 is 0. The Balaban J connectivity index is 0.000000616. The second-order valence-corrected chi connectivity index (χ2v) is 17.6. The summed E-state index contributed by atoms with van der Waals surface area (Å²) in [6, 6.07) is 7.68. The van der Waals surface area contributed by atoms with Gasteiger partial charge in [0.2, 0.25) is 5.91 Å². The number of nitrogens with zero attached hydrogens (tertiary/aromatic N) is 1. The summed E-state index contributed by atoms with van der Waals surface area (Å²) in [6.45, 7) is 23.2. The van der Waals surface area contributed by atoms with Gasteiger partial charge >= 0.3 is 5.97 Å². The van der Waals surface area contributed by atoms with Gasteiger partial charge in [0.1, 0.15) is 11.9 Å². The van der Waals surface area contributed by atoms with E-state index in [0.717, 1.165) is 34.1 Å². The number of benzene rings is 2. The van der Waals surface area contributed by atoms with Crippen molar-refractivity contribution >= 4 is 23.6 Å². The van der Waals surface area contributed by atoms with Gasteiger partial charge in [-0.15, -0.1) is 5.56 Å². The standard InChI is InChI=1S/C37H46FN2O5.C10H19N.Cr/c1-20(2)15-31(40-35(44)28(26(8)41)14-13-24(6)37(9)19-25(37)7)36(45)39-30(18-32(42)43)29-17-27(16-23(5)34(29)38)33-21(3)11-10-12-22(33)4;1-2-7-11-8-6-10(9-11)4-3-5-10;/h11-14,16-17,20,25,30-31H,15,18-19H2,1-9H3,(H,39,45)(H,40,44)(H,42,43);2-9H2,1H3;/q-1;;/b24-13+,28-14+;;/t25?,30?,31-,37?;;/m0../s1. The van der Waals surface area contributed by atoms with Crippen LogP contribution in [0.5, 0.6) is 0 Å². The van der Waals surface area contributed by atoms with E-state index >= 15 is 4.39 Å². The molecule has 2 aliphatic carbocycles. The Kier molecular flexibility index (Phi) is 17.1. The number of carboxylic acids is 1. The molecule has 3 N–H and O–H groups in total. The Labute approximate surface area is 351 Å². The Hall–Kier alpha value is -3.58. The number of nitrogens with one attached hydrogen (secondary N) is 2. The van der Waals surface area contributed by atoms with Gasteiger partial charge in [0.15, 0.2) is 5.78 Å². The largest absolute Gasteiger partial charge is 0.481 e. The molecular weight excluding hydrogens is 758 g/mol. The topological polar surface area (TPSA) is 116 Å². The van der Waals surface area contributed by atoms with Crippen LogP contribution in [-0.2, 0) is 36.5 Å². The van der Waals surface area contributed by atoms with E-state index < -0.39 is 47.9 Å². The number of Topliss-reactive ketones (excluding diaryl/α,β-unsaturated/α-hetero) is 1. The molecule has 2 aromatic rings. The summed E-state index contributed by atoms with van der Waals surface area (Å²) in [6.07, 6.45) is 11.3. The fourth-order valence-corrected chi connectivity index (χ4v) is 8.52. The Morgan fingerprint density at radius 3 is 2.14 bits per heavy atom. The average molecular weight is 823 g/mol. The summed E-state index contributed by atoms with van der Waals surface area (Å²) < 4.78 is 15.7. The Morgan fingerprint density at radius 1 is 1.02 bits per heavy atom. The molecule has 2 aromatic carbocycles. The van der Waals surface area contributed by atoms with Crippen LogP contribution in [-0.4, -0.2) is 59.2 Å². The molecule has 3 aliphatic rings. The van der Waals surface area contributed by atoms with E-state index in [0.29, 0.717) is 17.0 Å². The van der Waals surface area contributed by atoms with Crippen molar-refractivity contribution in [2.75, 3.05) is 19.6 Å². The second kappa shape index (κ2) is 20.4. The molecule has 10 heteroatoms. The minimum absolute atomic E-state index is 0. The van der Waals surface area contributed by atoms with E-state index in [-0.39, 0.29) is 46.3 Å². The first-order chi connectivity index (χ1) is 26.3. The first-order valence-electron chi connectivity index (χ1n) is 20.5. The van der Waals surface area contributed by atoms with Gasteiger partial charge < -0.3 is 20.6 Å². The number of hydrogen-bond donors (Lipinski definition) is 3. The van der Waals surface area contributed by atoms with E-state index in [4.69, 9.17) is 0 Å². The van der Waals surface area contributed by atoms with Crippen LogP contribution in [0.4, 0.5) is 4.39 Å². The Bertz CT molecular complexity index is 1830. The van der Waals surface area contributed by atoms with Gasteiger partial charge in [-0.05, 0) is 118 Å². The summed E-state index contributed by atoms with van der Waals surface area (Å²) in [5.41, 5.74) is 5.58. The van der Waals surface area contributed by atoms with E-state index in [1.54, 1.807) is 25.1 Å². The molecule has 0 bridgehead atoms.